The largest absolute Gasteiger partial charge is 0.508 e. The molecule has 1 saturated heterocycles. The summed E-state index contributed by atoms with van der Waals surface area (Å²) in [5.41, 5.74) is 0.231. The van der Waals surface area contributed by atoms with E-state index in [4.69, 9.17) is 14.2 Å². The van der Waals surface area contributed by atoms with Gasteiger partial charge in [-0.2, -0.15) is 13.2 Å². The molecule has 0 amide bonds. The van der Waals surface area contributed by atoms with E-state index in [9.17, 15) is 33.3 Å². The third kappa shape index (κ3) is 6.39. The van der Waals surface area contributed by atoms with Crippen LogP contribution in [0.3, 0.4) is 0 Å². The number of halogens is 3. The lowest BCUT2D eigenvalue weighted by Crippen LogP contribution is -2.60. The Hall–Kier alpha value is -3.65. The number of aliphatic hydroxyl groups is 3. The number of hydrogen-bond acceptors (Lipinski definition) is 9. The first-order valence-electron chi connectivity index (χ1n) is 12.4. The summed E-state index contributed by atoms with van der Waals surface area (Å²) >= 11 is 0. The summed E-state index contributed by atoms with van der Waals surface area (Å²) in [4.78, 5) is 11.4. The summed E-state index contributed by atoms with van der Waals surface area (Å²) in [6.07, 6.45) is -14.0. The predicted octanol–water partition coefficient (Wildman–Crippen LogP) is 3.01. The first kappa shape index (κ1) is 29.3. The van der Waals surface area contributed by atoms with Crippen molar-refractivity contribution in [2.45, 2.75) is 56.6 Å². The fourth-order valence-electron chi connectivity index (χ4n) is 4.30. The number of carbonyl (C=O) groups excluding carboxylic acids is 1. The van der Waals surface area contributed by atoms with Crippen LogP contribution >= 0.6 is 0 Å². The van der Waals surface area contributed by atoms with E-state index in [1.807, 2.05) is 19.1 Å². The van der Waals surface area contributed by atoms with E-state index in [2.05, 4.69) is 9.84 Å². The Morgan fingerprint density at radius 1 is 1.00 bits per heavy atom. The number of nitrogens with zero attached hydrogens (tertiary/aromatic N) is 2. The highest BCUT2D eigenvalue weighted by Crippen LogP contribution is 2.40. The number of rotatable bonds is 8. The number of carbonyl (C=O) groups is 1. The smallest absolute Gasteiger partial charge is 0.443 e. The molecule has 0 aliphatic carbocycles. The van der Waals surface area contributed by atoms with Crippen LogP contribution in [0.2, 0.25) is 0 Å². The molecule has 0 bridgehead atoms. The third-order valence-electron chi connectivity index (χ3n) is 6.46. The molecule has 1 aliphatic rings. The highest BCUT2D eigenvalue weighted by Gasteiger charge is 2.47. The summed E-state index contributed by atoms with van der Waals surface area (Å²) < 4.78 is 64.6. The van der Waals surface area contributed by atoms with E-state index in [0.717, 1.165) is 19.1 Å². The van der Waals surface area contributed by atoms with Gasteiger partial charge in [-0.3, -0.25) is 0 Å². The minimum absolute atomic E-state index is 0.108. The zero-order chi connectivity index (χ0) is 29.0. The molecule has 13 heteroatoms. The number of aromatic nitrogens is 2. The van der Waals surface area contributed by atoms with Gasteiger partial charge < -0.3 is 34.3 Å². The zero-order valence-electron chi connectivity index (χ0n) is 21.6. The molecule has 2 aromatic carbocycles. The van der Waals surface area contributed by atoms with E-state index in [0.29, 0.717) is 10.2 Å². The molecule has 4 rings (SSSR count). The fourth-order valence-corrected chi connectivity index (χ4v) is 4.30. The van der Waals surface area contributed by atoms with Crippen LogP contribution in [-0.2, 0) is 33.2 Å². The molecular formula is C27H29F3N2O8. The highest BCUT2D eigenvalue weighted by molar-refractivity contribution is 5.59. The van der Waals surface area contributed by atoms with Crippen molar-refractivity contribution in [3.05, 3.63) is 77.0 Å². The first-order chi connectivity index (χ1) is 19.0. The van der Waals surface area contributed by atoms with Crippen LogP contribution in [0.15, 0.2) is 54.6 Å². The van der Waals surface area contributed by atoms with E-state index >= 15 is 0 Å². The van der Waals surface area contributed by atoms with Crippen molar-refractivity contribution < 1.29 is 52.2 Å². The lowest BCUT2D eigenvalue weighted by Gasteiger charge is -2.39. The van der Waals surface area contributed by atoms with Crippen molar-refractivity contribution in [1.82, 2.24) is 9.78 Å². The third-order valence-corrected chi connectivity index (χ3v) is 6.46. The van der Waals surface area contributed by atoms with Gasteiger partial charge in [-0.05, 0) is 29.7 Å². The Labute approximate surface area is 227 Å². The van der Waals surface area contributed by atoms with Gasteiger partial charge in [0.25, 0.3) is 0 Å². The topological polar surface area (TPSA) is 133 Å². The monoisotopic (exact) mass is 566 g/mol. The van der Waals surface area contributed by atoms with Crippen LogP contribution in [0.1, 0.15) is 29.3 Å². The number of alkyl halides is 3. The summed E-state index contributed by atoms with van der Waals surface area (Å²) in [5.74, 6) is -0.504. The maximum atomic E-state index is 14.5. The number of aliphatic hydroxyl groups excluding tert-OH is 3. The average Bonchev–Trinajstić information content (AvgIpc) is 3.31. The van der Waals surface area contributed by atoms with Crippen molar-refractivity contribution in [3.8, 4) is 11.6 Å². The molecular weight excluding hydrogens is 537 g/mol. The Balaban J connectivity index is 1.75. The second-order valence-corrected chi connectivity index (χ2v) is 9.12. The Morgan fingerprint density at radius 3 is 2.25 bits per heavy atom. The minimum Gasteiger partial charge on any atom is -0.443 e. The Morgan fingerprint density at radius 2 is 1.65 bits per heavy atom. The van der Waals surface area contributed by atoms with Crippen LogP contribution in [0.25, 0.3) is 5.69 Å². The van der Waals surface area contributed by atoms with Gasteiger partial charge in [0.1, 0.15) is 31.0 Å². The van der Waals surface area contributed by atoms with Crippen molar-refractivity contribution in [2.75, 3.05) is 13.7 Å². The number of benzene rings is 2. The number of aryl methyl sites for hydroxylation is 1. The minimum atomic E-state index is -4.86. The Bertz CT molecular complexity index is 1280. The van der Waals surface area contributed by atoms with Gasteiger partial charge in [0.05, 0.1) is 18.4 Å². The van der Waals surface area contributed by atoms with Crippen LogP contribution in [0.4, 0.5) is 18.0 Å². The van der Waals surface area contributed by atoms with Crippen molar-refractivity contribution >= 4 is 6.16 Å². The van der Waals surface area contributed by atoms with Crippen LogP contribution in [0, 0.1) is 0 Å². The predicted molar refractivity (Wildman–Crippen MR) is 133 cm³/mol. The van der Waals surface area contributed by atoms with Gasteiger partial charge in [-0.1, -0.05) is 49.4 Å². The fraction of sp³-hybridized carbons (Fsp3) is 0.407. The van der Waals surface area contributed by atoms with Crippen LogP contribution < -0.4 is 4.74 Å². The summed E-state index contributed by atoms with van der Waals surface area (Å²) in [6, 6.07) is 14.7. The second-order valence-electron chi connectivity index (χ2n) is 9.12. The highest BCUT2D eigenvalue weighted by atomic mass is 19.4. The maximum Gasteiger partial charge on any atom is 0.508 e. The van der Waals surface area contributed by atoms with Gasteiger partial charge in [0.15, 0.2) is 5.69 Å². The summed E-state index contributed by atoms with van der Waals surface area (Å²) in [5, 5.41) is 35.3. The molecule has 3 N–H and O–H groups in total. The first-order valence-corrected chi connectivity index (χ1v) is 12.4. The van der Waals surface area contributed by atoms with Crippen LogP contribution in [-0.4, -0.2) is 75.7 Å². The average molecular weight is 567 g/mol. The molecule has 1 fully saturated rings. The van der Waals surface area contributed by atoms with Gasteiger partial charge >= 0.3 is 12.3 Å². The molecule has 0 radical (unpaired) electrons. The van der Waals surface area contributed by atoms with E-state index < -0.39 is 61.2 Å². The van der Waals surface area contributed by atoms with Gasteiger partial charge in [0, 0.05) is 6.42 Å². The lowest BCUT2D eigenvalue weighted by molar-refractivity contribution is -0.278. The van der Waals surface area contributed by atoms with Gasteiger partial charge in [-0.15, -0.1) is 5.10 Å². The number of ether oxygens (including phenoxy) is 4. The van der Waals surface area contributed by atoms with Gasteiger partial charge in [0.2, 0.25) is 12.2 Å². The van der Waals surface area contributed by atoms with Crippen molar-refractivity contribution in [2.24, 2.45) is 0 Å². The van der Waals surface area contributed by atoms with E-state index in [1.54, 1.807) is 30.3 Å². The summed E-state index contributed by atoms with van der Waals surface area (Å²) in [6.45, 7) is 1.36. The molecule has 5 atom stereocenters. The SMILES string of the molecule is CCc1ccc(Cc2c(O[C@@H]3O[C@H](COC(=O)OC)[C@@H](O)[C@H](O)[C@H]3O)nn(-c3ccccc3)c2C(F)(F)F)cc1. The number of hydrogen-bond donors (Lipinski definition) is 3. The molecule has 10 nitrogen and oxygen atoms in total. The molecule has 0 spiro atoms. The molecule has 40 heavy (non-hydrogen) atoms. The number of para-hydroxylation sites is 1. The molecule has 1 aromatic heterocycles. The quantitative estimate of drug-likeness (QED) is 0.352. The second kappa shape index (κ2) is 12.3. The van der Waals surface area contributed by atoms with E-state index in [-0.39, 0.29) is 17.7 Å². The standard InChI is InChI=1S/C27H29F3N2O8/c1-3-15-9-11-16(12-10-15)13-18-23(27(28,29)30)32(17-7-5-4-6-8-17)31-24(18)40-25-22(35)21(34)20(33)19(39-25)14-38-26(36)37-2/h4-12,19-22,25,33-35H,3,13-14H2,1-2H3/t19-,20-,21+,22-,25+/m1/s1. The summed E-state index contributed by atoms with van der Waals surface area (Å²) in [7, 11) is 1.06. The van der Waals surface area contributed by atoms with Crippen molar-refractivity contribution in [1.29, 1.82) is 0 Å². The molecule has 3 aromatic rings. The van der Waals surface area contributed by atoms with Gasteiger partial charge in [-0.25, -0.2) is 9.48 Å². The molecule has 0 saturated carbocycles. The zero-order valence-corrected chi connectivity index (χ0v) is 21.6. The van der Waals surface area contributed by atoms with Crippen molar-refractivity contribution in [3.63, 3.8) is 0 Å². The molecule has 216 valence electrons. The molecule has 0 unspecified atom stereocenters. The van der Waals surface area contributed by atoms with E-state index in [1.165, 1.54) is 12.1 Å². The maximum absolute atomic E-state index is 14.5. The number of methoxy groups -OCH3 is 1. The normalized spacial score (nSPS) is 23.1. The lowest BCUT2D eigenvalue weighted by atomic mass is 9.99. The van der Waals surface area contributed by atoms with Crippen LogP contribution in [0.5, 0.6) is 5.88 Å². The molecule has 1 aliphatic heterocycles. The molecule has 2 heterocycles. The Kier molecular flexibility index (Phi) is 8.98.